The van der Waals surface area contributed by atoms with Crippen molar-refractivity contribution in [2.24, 2.45) is 0 Å². The van der Waals surface area contributed by atoms with Crippen LogP contribution in [0, 0.1) is 5.82 Å². The Bertz CT molecular complexity index is 827. The molecule has 3 aromatic rings. The van der Waals surface area contributed by atoms with E-state index in [1.807, 2.05) is 0 Å². The summed E-state index contributed by atoms with van der Waals surface area (Å²) in [6, 6.07) is 14.1. The Labute approximate surface area is 131 Å². The molecule has 0 N–H and O–H groups in total. The number of esters is 1. The van der Waals surface area contributed by atoms with Crippen molar-refractivity contribution in [1.82, 2.24) is 5.16 Å². The fraction of sp³-hybridized carbons (Fsp3) is 0.0588. The van der Waals surface area contributed by atoms with Gasteiger partial charge in [0.1, 0.15) is 5.75 Å². The van der Waals surface area contributed by atoms with E-state index in [9.17, 15) is 9.18 Å². The molecule has 1 aromatic heterocycles. The highest BCUT2D eigenvalue weighted by molar-refractivity contribution is 5.90. The molecule has 0 radical (unpaired) electrons. The highest BCUT2D eigenvalue weighted by Crippen LogP contribution is 2.24. The summed E-state index contributed by atoms with van der Waals surface area (Å²) in [5.74, 6) is -0.481. The van der Waals surface area contributed by atoms with Crippen LogP contribution in [0.25, 0.3) is 11.3 Å². The van der Waals surface area contributed by atoms with Crippen LogP contribution in [0.3, 0.4) is 0 Å². The molecule has 116 valence electrons. The summed E-state index contributed by atoms with van der Waals surface area (Å²) in [5.41, 5.74) is 0.683. The number of carbonyl (C=O) groups excluding carboxylic acids is 1. The summed E-state index contributed by atoms with van der Waals surface area (Å²) >= 11 is 0. The van der Waals surface area contributed by atoms with Crippen LogP contribution >= 0.6 is 0 Å². The van der Waals surface area contributed by atoms with E-state index in [4.69, 9.17) is 14.0 Å². The molecule has 0 atom stereocenters. The summed E-state index contributed by atoms with van der Waals surface area (Å²) in [6.45, 7) is 0. The van der Waals surface area contributed by atoms with E-state index >= 15 is 0 Å². The zero-order valence-electron chi connectivity index (χ0n) is 12.2. The zero-order valence-corrected chi connectivity index (χ0v) is 12.2. The van der Waals surface area contributed by atoms with Crippen LogP contribution in [0.15, 0.2) is 59.1 Å². The first-order chi connectivity index (χ1) is 11.2. The van der Waals surface area contributed by atoms with Crippen molar-refractivity contribution in [2.75, 3.05) is 7.11 Å². The molecular weight excluding hydrogens is 301 g/mol. The quantitative estimate of drug-likeness (QED) is 0.543. The third-order valence-electron chi connectivity index (χ3n) is 3.13. The minimum Gasteiger partial charge on any atom is -0.497 e. The van der Waals surface area contributed by atoms with Gasteiger partial charge in [0.2, 0.25) is 0 Å². The maximum atomic E-state index is 13.5. The molecule has 0 bridgehead atoms. The summed E-state index contributed by atoms with van der Waals surface area (Å²) in [5, 5.41) is 3.66. The van der Waals surface area contributed by atoms with Crippen molar-refractivity contribution in [3.8, 4) is 22.8 Å². The molecule has 0 unspecified atom stereocenters. The van der Waals surface area contributed by atoms with Crippen LogP contribution in [0.2, 0.25) is 0 Å². The Morgan fingerprint density at radius 1 is 1.13 bits per heavy atom. The number of para-hydroxylation sites is 1. The SMILES string of the molecule is COc1ccc(-c2cc(C(=O)Oc3ccccc3F)no2)cc1. The molecule has 0 saturated carbocycles. The maximum Gasteiger partial charge on any atom is 0.366 e. The molecule has 1 heterocycles. The lowest BCUT2D eigenvalue weighted by molar-refractivity contribution is 0.0717. The first kappa shape index (κ1) is 14.8. The molecule has 6 heteroatoms. The third-order valence-corrected chi connectivity index (χ3v) is 3.13. The van der Waals surface area contributed by atoms with Gasteiger partial charge in [0.05, 0.1) is 7.11 Å². The topological polar surface area (TPSA) is 61.6 Å². The smallest absolute Gasteiger partial charge is 0.366 e. The van der Waals surface area contributed by atoms with Crippen LogP contribution in [0.1, 0.15) is 10.5 Å². The van der Waals surface area contributed by atoms with Crippen LogP contribution in [-0.4, -0.2) is 18.2 Å². The lowest BCUT2D eigenvalue weighted by Crippen LogP contribution is -2.09. The number of hydrogen-bond donors (Lipinski definition) is 0. The molecule has 0 spiro atoms. The minimum atomic E-state index is -0.793. The number of hydrogen-bond acceptors (Lipinski definition) is 5. The summed E-state index contributed by atoms with van der Waals surface area (Å²) in [4.78, 5) is 12.0. The second kappa shape index (κ2) is 6.31. The summed E-state index contributed by atoms with van der Waals surface area (Å²) < 4.78 is 28.6. The van der Waals surface area contributed by atoms with Gasteiger partial charge >= 0.3 is 5.97 Å². The van der Waals surface area contributed by atoms with Crippen LogP contribution in [0.5, 0.6) is 11.5 Å². The third kappa shape index (κ3) is 3.21. The Kier molecular flexibility index (Phi) is 4.05. The number of methoxy groups -OCH3 is 1. The van der Waals surface area contributed by atoms with Gasteiger partial charge in [-0.2, -0.15) is 0 Å². The van der Waals surface area contributed by atoms with Crippen molar-refractivity contribution in [3.63, 3.8) is 0 Å². The summed E-state index contributed by atoms with van der Waals surface area (Å²) in [7, 11) is 1.57. The first-order valence-corrected chi connectivity index (χ1v) is 6.75. The van der Waals surface area contributed by atoms with Gasteiger partial charge in [-0.05, 0) is 36.4 Å². The fourth-order valence-electron chi connectivity index (χ4n) is 1.94. The van der Waals surface area contributed by atoms with Crippen molar-refractivity contribution < 1.29 is 23.2 Å². The number of nitrogens with zero attached hydrogens (tertiary/aromatic N) is 1. The van der Waals surface area contributed by atoms with E-state index in [1.54, 1.807) is 37.4 Å². The molecule has 23 heavy (non-hydrogen) atoms. The van der Waals surface area contributed by atoms with Gasteiger partial charge in [0.25, 0.3) is 0 Å². The van der Waals surface area contributed by atoms with Crippen LogP contribution < -0.4 is 9.47 Å². The van der Waals surface area contributed by atoms with Gasteiger partial charge in [0.15, 0.2) is 23.0 Å². The highest BCUT2D eigenvalue weighted by atomic mass is 19.1. The Balaban J connectivity index is 1.78. The molecule has 0 aliphatic carbocycles. The van der Waals surface area contributed by atoms with Gasteiger partial charge in [-0.3, -0.25) is 0 Å². The van der Waals surface area contributed by atoms with Gasteiger partial charge in [-0.1, -0.05) is 17.3 Å². The monoisotopic (exact) mass is 313 g/mol. The normalized spacial score (nSPS) is 10.3. The maximum absolute atomic E-state index is 13.5. The van der Waals surface area contributed by atoms with E-state index in [-0.39, 0.29) is 11.4 Å². The lowest BCUT2D eigenvalue weighted by atomic mass is 10.1. The van der Waals surface area contributed by atoms with Crippen molar-refractivity contribution in [2.45, 2.75) is 0 Å². The van der Waals surface area contributed by atoms with Crippen LogP contribution in [-0.2, 0) is 0 Å². The molecule has 0 aliphatic heterocycles. The second-order valence-corrected chi connectivity index (χ2v) is 4.62. The van der Waals surface area contributed by atoms with Crippen molar-refractivity contribution in [1.29, 1.82) is 0 Å². The number of carbonyl (C=O) groups is 1. The highest BCUT2D eigenvalue weighted by Gasteiger charge is 2.17. The second-order valence-electron chi connectivity index (χ2n) is 4.62. The average Bonchev–Trinajstić information content (AvgIpc) is 3.07. The molecule has 5 nitrogen and oxygen atoms in total. The van der Waals surface area contributed by atoms with Crippen LogP contribution in [0.4, 0.5) is 4.39 Å². The number of rotatable bonds is 4. The number of halogens is 1. The standard InChI is InChI=1S/C17H12FNO4/c1-21-12-8-6-11(7-9-12)16-10-14(19-23-16)17(20)22-15-5-3-2-4-13(15)18/h2-10H,1H3. The average molecular weight is 313 g/mol. The number of aromatic nitrogens is 1. The fourth-order valence-corrected chi connectivity index (χ4v) is 1.94. The Morgan fingerprint density at radius 2 is 1.87 bits per heavy atom. The number of ether oxygens (including phenoxy) is 2. The van der Waals surface area contributed by atoms with E-state index in [1.165, 1.54) is 24.3 Å². The predicted octanol–water partition coefficient (Wildman–Crippen LogP) is 3.71. The van der Waals surface area contributed by atoms with E-state index in [2.05, 4.69) is 5.16 Å². The van der Waals surface area contributed by atoms with Gasteiger partial charge in [-0.25, -0.2) is 9.18 Å². The predicted molar refractivity (Wildman–Crippen MR) is 79.8 cm³/mol. The Hall–Kier alpha value is -3.15. The van der Waals surface area contributed by atoms with Gasteiger partial charge in [0, 0.05) is 11.6 Å². The molecule has 0 fully saturated rings. The lowest BCUT2D eigenvalue weighted by Gasteiger charge is -2.02. The van der Waals surface area contributed by atoms with Crippen molar-refractivity contribution in [3.05, 3.63) is 66.1 Å². The number of benzene rings is 2. The van der Waals surface area contributed by atoms with E-state index in [0.29, 0.717) is 11.5 Å². The molecule has 2 aromatic carbocycles. The van der Waals surface area contributed by atoms with E-state index in [0.717, 1.165) is 5.56 Å². The molecule has 0 aliphatic rings. The molecular formula is C17H12FNO4. The largest absolute Gasteiger partial charge is 0.497 e. The minimum absolute atomic E-state index is 0.0425. The van der Waals surface area contributed by atoms with Crippen molar-refractivity contribution >= 4 is 5.97 Å². The Morgan fingerprint density at radius 3 is 2.57 bits per heavy atom. The zero-order chi connectivity index (χ0) is 16.2. The van der Waals surface area contributed by atoms with Gasteiger partial charge in [-0.15, -0.1) is 0 Å². The molecule has 3 rings (SSSR count). The first-order valence-electron chi connectivity index (χ1n) is 6.75. The van der Waals surface area contributed by atoms with E-state index < -0.39 is 11.8 Å². The molecule has 0 amide bonds. The summed E-state index contributed by atoms with van der Waals surface area (Å²) in [6.07, 6.45) is 0. The molecule has 0 saturated heterocycles. The van der Waals surface area contributed by atoms with Gasteiger partial charge < -0.3 is 14.0 Å².